The lowest BCUT2D eigenvalue weighted by Gasteiger charge is -2.42. The third kappa shape index (κ3) is 2.45. The molecular formula is C16H20ClNO2. The maximum atomic E-state index is 11.5. The number of carbonyl (C=O) groups excluding carboxylic acids is 1. The van der Waals surface area contributed by atoms with E-state index in [0.29, 0.717) is 12.1 Å². The Balaban J connectivity index is 1.91. The van der Waals surface area contributed by atoms with Crippen LogP contribution in [0.25, 0.3) is 0 Å². The van der Waals surface area contributed by atoms with E-state index in [2.05, 4.69) is 24.1 Å². The Morgan fingerprint density at radius 2 is 2.00 bits per heavy atom. The van der Waals surface area contributed by atoms with Crippen LogP contribution in [0.4, 0.5) is 0 Å². The summed E-state index contributed by atoms with van der Waals surface area (Å²) in [6.45, 7) is 1.50. The lowest BCUT2D eigenvalue weighted by Crippen LogP contribution is -2.50. The molecule has 0 saturated carbocycles. The van der Waals surface area contributed by atoms with Crippen molar-refractivity contribution in [2.75, 3.05) is 7.05 Å². The van der Waals surface area contributed by atoms with Crippen molar-refractivity contribution in [1.29, 1.82) is 0 Å². The lowest BCUT2D eigenvalue weighted by molar-refractivity contribution is -0.153. The highest BCUT2D eigenvalue weighted by Gasteiger charge is 2.47. The first kappa shape index (κ1) is 13.9. The second-order valence-corrected chi connectivity index (χ2v) is 6.37. The van der Waals surface area contributed by atoms with Gasteiger partial charge in [0.25, 0.3) is 0 Å². The largest absolute Gasteiger partial charge is 0.460 e. The SMILES string of the molecule is CC(=O)O[C@@H]1[C@@H](c2ccc(Cl)cc2)C[C@H]2CC[C@@H]1N2C. The van der Waals surface area contributed by atoms with E-state index in [1.54, 1.807) is 0 Å². The second-order valence-electron chi connectivity index (χ2n) is 5.93. The molecular weight excluding hydrogens is 274 g/mol. The normalized spacial score (nSPS) is 33.1. The number of carbonyl (C=O) groups is 1. The average molecular weight is 294 g/mol. The molecule has 1 aromatic carbocycles. The molecule has 20 heavy (non-hydrogen) atoms. The second kappa shape index (κ2) is 5.38. The first-order chi connectivity index (χ1) is 9.56. The van der Waals surface area contributed by atoms with Crippen LogP contribution in [-0.4, -0.2) is 36.1 Å². The Kier molecular flexibility index (Phi) is 3.74. The highest BCUT2D eigenvalue weighted by molar-refractivity contribution is 6.30. The quantitative estimate of drug-likeness (QED) is 0.784. The molecule has 2 bridgehead atoms. The van der Waals surface area contributed by atoms with Crippen molar-refractivity contribution in [3.05, 3.63) is 34.9 Å². The van der Waals surface area contributed by atoms with Crippen molar-refractivity contribution in [2.45, 2.75) is 50.3 Å². The number of likely N-dealkylation sites (N-methyl/N-ethyl adjacent to an activating group) is 1. The molecule has 0 radical (unpaired) electrons. The number of hydrogen-bond acceptors (Lipinski definition) is 3. The van der Waals surface area contributed by atoms with Gasteiger partial charge >= 0.3 is 5.97 Å². The van der Waals surface area contributed by atoms with E-state index in [9.17, 15) is 4.79 Å². The first-order valence-corrected chi connectivity index (χ1v) is 7.58. The number of rotatable bonds is 2. The van der Waals surface area contributed by atoms with E-state index >= 15 is 0 Å². The van der Waals surface area contributed by atoms with E-state index < -0.39 is 0 Å². The number of nitrogens with zero attached hydrogens (tertiary/aromatic N) is 1. The number of esters is 1. The monoisotopic (exact) mass is 293 g/mol. The molecule has 0 aliphatic carbocycles. The molecule has 0 unspecified atom stereocenters. The molecule has 2 aliphatic rings. The van der Waals surface area contributed by atoms with Crippen LogP contribution in [0.5, 0.6) is 0 Å². The summed E-state index contributed by atoms with van der Waals surface area (Å²) in [5, 5.41) is 0.744. The van der Waals surface area contributed by atoms with Crippen LogP contribution in [0.3, 0.4) is 0 Å². The molecule has 4 atom stereocenters. The highest BCUT2D eigenvalue weighted by atomic mass is 35.5. The van der Waals surface area contributed by atoms with Gasteiger partial charge in [0.15, 0.2) is 0 Å². The predicted octanol–water partition coefficient (Wildman–Crippen LogP) is 3.22. The van der Waals surface area contributed by atoms with Crippen molar-refractivity contribution in [2.24, 2.45) is 0 Å². The van der Waals surface area contributed by atoms with Crippen LogP contribution < -0.4 is 0 Å². The van der Waals surface area contributed by atoms with E-state index in [4.69, 9.17) is 16.3 Å². The fourth-order valence-electron chi connectivity index (χ4n) is 3.80. The molecule has 2 aliphatic heterocycles. The standard InChI is InChI=1S/C16H20ClNO2/c1-10(19)20-16-14(11-3-5-12(17)6-4-11)9-13-7-8-15(16)18(13)2/h3-6,13-16H,7-9H2,1-2H3/t13-,14-,15+,16-/m1/s1. The first-order valence-electron chi connectivity index (χ1n) is 7.21. The fraction of sp³-hybridized carbons (Fsp3) is 0.562. The predicted molar refractivity (Wildman–Crippen MR) is 78.9 cm³/mol. The minimum absolute atomic E-state index is 0.0441. The van der Waals surface area contributed by atoms with E-state index in [1.165, 1.54) is 18.9 Å². The minimum atomic E-state index is -0.187. The third-order valence-corrected chi connectivity index (χ3v) is 5.05. The van der Waals surface area contributed by atoms with Gasteiger partial charge in [0, 0.05) is 29.9 Å². The minimum Gasteiger partial charge on any atom is -0.460 e. The van der Waals surface area contributed by atoms with Gasteiger partial charge in [-0.2, -0.15) is 0 Å². The van der Waals surface area contributed by atoms with Crippen molar-refractivity contribution in [1.82, 2.24) is 4.90 Å². The summed E-state index contributed by atoms with van der Waals surface area (Å²) in [6, 6.07) is 8.91. The van der Waals surface area contributed by atoms with Crippen molar-refractivity contribution in [3.63, 3.8) is 0 Å². The average Bonchev–Trinajstić information content (AvgIpc) is 2.65. The van der Waals surface area contributed by atoms with Crippen LogP contribution in [0.15, 0.2) is 24.3 Å². The van der Waals surface area contributed by atoms with Crippen LogP contribution in [0.1, 0.15) is 37.7 Å². The number of benzene rings is 1. The Labute approximate surface area is 124 Å². The molecule has 2 fully saturated rings. The van der Waals surface area contributed by atoms with Crippen molar-refractivity contribution < 1.29 is 9.53 Å². The lowest BCUT2D eigenvalue weighted by atomic mass is 9.82. The number of fused-ring (bicyclic) bond motifs is 2. The summed E-state index contributed by atoms with van der Waals surface area (Å²) < 4.78 is 5.68. The van der Waals surface area contributed by atoms with E-state index in [-0.39, 0.29) is 18.0 Å². The topological polar surface area (TPSA) is 29.5 Å². The molecule has 3 rings (SSSR count). The Morgan fingerprint density at radius 1 is 1.30 bits per heavy atom. The summed E-state index contributed by atoms with van der Waals surface area (Å²) in [5.74, 6) is 0.0950. The van der Waals surface area contributed by atoms with E-state index in [1.807, 2.05) is 12.1 Å². The van der Waals surface area contributed by atoms with Gasteiger partial charge in [0.05, 0.1) is 0 Å². The molecule has 3 nitrogen and oxygen atoms in total. The number of halogens is 1. The summed E-state index contributed by atoms with van der Waals surface area (Å²) in [7, 11) is 2.15. The molecule has 0 spiro atoms. The zero-order valence-electron chi connectivity index (χ0n) is 11.9. The molecule has 1 aromatic rings. The molecule has 4 heteroatoms. The number of hydrogen-bond donors (Lipinski definition) is 0. The van der Waals surface area contributed by atoms with Gasteiger partial charge in [0.2, 0.25) is 0 Å². The van der Waals surface area contributed by atoms with Crippen molar-refractivity contribution >= 4 is 17.6 Å². The van der Waals surface area contributed by atoms with Crippen LogP contribution in [-0.2, 0) is 9.53 Å². The number of ether oxygens (including phenoxy) is 1. The Morgan fingerprint density at radius 3 is 2.65 bits per heavy atom. The van der Waals surface area contributed by atoms with Gasteiger partial charge in [-0.1, -0.05) is 23.7 Å². The van der Waals surface area contributed by atoms with Gasteiger partial charge in [-0.25, -0.2) is 0 Å². The molecule has 0 amide bonds. The maximum absolute atomic E-state index is 11.5. The third-order valence-electron chi connectivity index (χ3n) is 4.80. The van der Waals surface area contributed by atoms with E-state index in [0.717, 1.165) is 17.9 Å². The van der Waals surface area contributed by atoms with Crippen LogP contribution in [0, 0.1) is 0 Å². The van der Waals surface area contributed by atoms with Crippen LogP contribution in [0.2, 0.25) is 5.02 Å². The molecule has 2 saturated heterocycles. The highest BCUT2D eigenvalue weighted by Crippen LogP contribution is 2.44. The van der Waals surface area contributed by atoms with Gasteiger partial charge < -0.3 is 4.74 Å². The van der Waals surface area contributed by atoms with Gasteiger partial charge in [-0.05, 0) is 44.0 Å². The molecule has 0 N–H and O–H groups in total. The zero-order valence-corrected chi connectivity index (χ0v) is 12.6. The summed E-state index contributed by atoms with van der Waals surface area (Å²) in [5.41, 5.74) is 1.23. The van der Waals surface area contributed by atoms with Gasteiger partial charge in [-0.15, -0.1) is 0 Å². The summed E-state index contributed by atoms with van der Waals surface area (Å²) in [6.07, 6.45) is 3.32. The summed E-state index contributed by atoms with van der Waals surface area (Å²) in [4.78, 5) is 13.9. The maximum Gasteiger partial charge on any atom is 0.302 e. The Bertz CT molecular complexity index is 502. The molecule has 2 heterocycles. The smallest absolute Gasteiger partial charge is 0.302 e. The zero-order chi connectivity index (χ0) is 14.3. The van der Waals surface area contributed by atoms with Crippen molar-refractivity contribution in [3.8, 4) is 0 Å². The van der Waals surface area contributed by atoms with Crippen LogP contribution >= 0.6 is 11.6 Å². The van der Waals surface area contributed by atoms with Gasteiger partial charge in [-0.3, -0.25) is 9.69 Å². The molecule has 108 valence electrons. The fourth-order valence-corrected chi connectivity index (χ4v) is 3.93. The molecule has 0 aromatic heterocycles. The Hall–Kier alpha value is -1.06. The number of piperidine rings is 1. The summed E-state index contributed by atoms with van der Waals surface area (Å²) >= 11 is 5.97. The van der Waals surface area contributed by atoms with Gasteiger partial charge in [0.1, 0.15) is 6.10 Å².